The van der Waals surface area contributed by atoms with E-state index in [-0.39, 0.29) is 16.2 Å². The van der Waals surface area contributed by atoms with Crippen LogP contribution in [-0.4, -0.2) is 14.3 Å². The molecule has 6 heteroatoms. The molecule has 0 heterocycles. The van der Waals surface area contributed by atoms with E-state index in [2.05, 4.69) is 0 Å². The standard InChI is InChI=1S/C17H13NO4S/c18-17(19)14-6-3-7-15(10-14)22-23(20,21)16-9-8-12-4-1-2-5-13(12)11-16/h1-11H,(H2,18,19). The van der Waals surface area contributed by atoms with Gasteiger partial charge in [0.05, 0.1) is 0 Å². The van der Waals surface area contributed by atoms with Crippen LogP contribution in [0, 0.1) is 0 Å². The van der Waals surface area contributed by atoms with Crippen molar-refractivity contribution in [2.24, 2.45) is 5.73 Å². The normalized spacial score (nSPS) is 11.3. The maximum atomic E-state index is 12.4. The molecule has 0 saturated heterocycles. The van der Waals surface area contributed by atoms with Crippen molar-refractivity contribution in [3.8, 4) is 5.75 Å². The first-order chi connectivity index (χ1) is 11.0. The molecule has 23 heavy (non-hydrogen) atoms. The molecular weight excluding hydrogens is 314 g/mol. The van der Waals surface area contributed by atoms with Gasteiger partial charge in [-0.2, -0.15) is 8.42 Å². The van der Waals surface area contributed by atoms with Crippen LogP contribution in [0.3, 0.4) is 0 Å². The molecule has 0 spiro atoms. The zero-order chi connectivity index (χ0) is 16.4. The Morgan fingerprint density at radius 3 is 2.35 bits per heavy atom. The van der Waals surface area contributed by atoms with Crippen molar-refractivity contribution in [3.63, 3.8) is 0 Å². The summed E-state index contributed by atoms with van der Waals surface area (Å²) in [7, 11) is -4.00. The van der Waals surface area contributed by atoms with Crippen molar-refractivity contribution in [2.45, 2.75) is 4.90 Å². The molecule has 0 fully saturated rings. The lowest BCUT2D eigenvalue weighted by Crippen LogP contribution is -2.13. The minimum atomic E-state index is -4.00. The maximum absolute atomic E-state index is 12.4. The van der Waals surface area contributed by atoms with Crippen LogP contribution in [-0.2, 0) is 10.1 Å². The fourth-order valence-electron chi connectivity index (χ4n) is 2.20. The summed E-state index contributed by atoms with van der Waals surface area (Å²) in [5.74, 6) is -0.618. The van der Waals surface area contributed by atoms with E-state index < -0.39 is 16.0 Å². The molecule has 0 aromatic heterocycles. The van der Waals surface area contributed by atoms with Gasteiger partial charge in [0.1, 0.15) is 10.6 Å². The Morgan fingerprint density at radius 2 is 1.61 bits per heavy atom. The molecular formula is C17H13NO4S. The second kappa shape index (κ2) is 5.73. The minimum Gasteiger partial charge on any atom is -0.379 e. The fraction of sp³-hybridized carbons (Fsp3) is 0. The van der Waals surface area contributed by atoms with E-state index in [1.807, 2.05) is 24.3 Å². The summed E-state index contributed by atoms with van der Waals surface area (Å²) in [6.07, 6.45) is 0. The van der Waals surface area contributed by atoms with Crippen LogP contribution in [0.1, 0.15) is 10.4 Å². The van der Waals surface area contributed by atoms with Gasteiger partial charge in [-0.25, -0.2) is 0 Å². The monoisotopic (exact) mass is 327 g/mol. The summed E-state index contributed by atoms with van der Waals surface area (Å²) in [4.78, 5) is 11.2. The summed E-state index contributed by atoms with van der Waals surface area (Å²) in [6.45, 7) is 0. The van der Waals surface area contributed by atoms with E-state index in [4.69, 9.17) is 9.92 Å². The van der Waals surface area contributed by atoms with E-state index in [0.717, 1.165) is 10.8 Å². The number of hydrogen-bond acceptors (Lipinski definition) is 4. The van der Waals surface area contributed by atoms with Gasteiger partial charge in [-0.3, -0.25) is 4.79 Å². The number of primary amides is 1. The molecule has 0 aliphatic heterocycles. The van der Waals surface area contributed by atoms with Gasteiger partial charge in [-0.15, -0.1) is 0 Å². The predicted octanol–water partition coefficient (Wildman–Crippen LogP) is 2.71. The molecule has 0 saturated carbocycles. The molecule has 0 atom stereocenters. The third kappa shape index (κ3) is 3.17. The number of rotatable bonds is 4. The van der Waals surface area contributed by atoms with Crippen LogP contribution >= 0.6 is 0 Å². The van der Waals surface area contributed by atoms with Gasteiger partial charge >= 0.3 is 10.1 Å². The molecule has 3 aromatic rings. The molecule has 1 amide bonds. The largest absolute Gasteiger partial charge is 0.379 e. The highest BCUT2D eigenvalue weighted by Crippen LogP contribution is 2.23. The summed E-state index contributed by atoms with van der Waals surface area (Å²) < 4.78 is 29.9. The van der Waals surface area contributed by atoms with E-state index in [9.17, 15) is 13.2 Å². The fourth-order valence-corrected chi connectivity index (χ4v) is 3.16. The molecule has 3 aromatic carbocycles. The Kier molecular flexibility index (Phi) is 3.75. The molecule has 2 N–H and O–H groups in total. The second-order valence-corrected chi connectivity index (χ2v) is 6.48. The lowest BCUT2D eigenvalue weighted by molar-refractivity contribution is 0.1000. The first-order valence-corrected chi connectivity index (χ1v) is 8.20. The van der Waals surface area contributed by atoms with Crippen LogP contribution in [0.2, 0.25) is 0 Å². The van der Waals surface area contributed by atoms with Crippen molar-refractivity contribution in [2.75, 3.05) is 0 Å². The van der Waals surface area contributed by atoms with Crippen LogP contribution in [0.25, 0.3) is 10.8 Å². The molecule has 0 unspecified atom stereocenters. The second-order valence-electron chi connectivity index (χ2n) is 4.94. The van der Waals surface area contributed by atoms with Gasteiger partial charge in [-0.1, -0.05) is 36.4 Å². The van der Waals surface area contributed by atoms with Crippen molar-refractivity contribution in [1.29, 1.82) is 0 Å². The van der Waals surface area contributed by atoms with Crippen molar-refractivity contribution in [1.82, 2.24) is 0 Å². The quantitative estimate of drug-likeness (QED) is 0.746. The van der Waals surface area contributed by atoms with Crippen molar-refractivity contribution >= 4 is 26.8 Å². The first-order valence-electron chi connectivity index (χ1n) is 6.79. The van der Waals surface area contributed by atoms with Crippen LogP contribution < -0.4 is 9.92 Å². The summed E-state index contributed by atoms with van der Waals surface area (Å²) >= 11 is 0. The third-order valence-electron chi connectivity index (χ3n) is 3.33. The first kappa shape index (κ1) is 15.1. The highest BCUT2D eigenvalue weighted by atomic mass is 32.2. The molecule has 0 radical (unpaired) electrons. The zero-order valence-electron chi connectivity index (χ0n) is 12.0. The van der Waals surface area contributed by atoms with Gasteiger partial charge in [0.25, 0.3) is 0 Å². The third-order valence-corrected chi connectivity index (χ3v) is 4.58. The van der Waals surface area contributed by atoms with Crippen LogP contribution in [0.15, 0.2) is 71.6 Å². The predicted molar refractivity (Wildman–Crippen MR) is 86.7 cm³/mol. The average molecular weight is 327 g/mol. The Balaban J connectivity index is 1.97. The number of carbonyl (C=O) groups excluding carboxylic acids is 1. The number of benzene rings is 3. The number of nitrogens with two attached hydrogens (primary N) is 1. The van der Waals surface area contributed by atoms with E-state index in [1.165, 1.54) is 30.3 Å². The average Bonchev–Trinajstić information content (AvgIpc) is 2.54. The van der Waals surface area contributed by atoms with Crippen molar-refractivity contribution < 1.29 is 17.4 Å². The van der Waals surface area contributed by atoms with Gasteiger partial charge in [-0.05, 0) is 41.1 Å². The molecule has 0 aliphatic carbocycles. The zero-order valence-corrected chi connectivity index (χ0v) is 12.8. The molecule has 3 rings (SSSR count). The van der Waals surface area contributed by atoms with Gasteiger partial charge in [0.2, 0.25) is 5.91 Å². The minimum absolute atomic E-state index is 0.0365. The molecule has 0 aliphatic rings. The molecule has 5 nitrogen and oxygen atoms in total. The lowest BCUT2D eigenvalue weighted by atomic mass is 10.1. The van der Waals surface area contributed by atoms with E-state index in [1.54, 1.807) is 12.1 Å². The number of amides is 1. The topological polar surface area (TPSA) is 86.5 Å². The Bertz CT molecular complexity index is 996. The van der Waals surface area contributed by atoms with Gasteiger partial charge < -0.3 is 9.92 Å². The number of carbonyl (C=O) groups is 1. The maximum Gasteiger partial charge on any atom is 0.339 e. The summed E-state index contributed by atoms with van der Waals surface area (Å²) in [5.41, 5.74) is 5.35. The molecule has 0 bridgehead atoms. The smallest absolute Gasteiger partial charge is 0.339 e. The van der Waals surface area contributed by atoms with Crippen molar-refractivity contribution in [3.05, 3.63) is 72.3 Å². The van der Waals surface area contributed by atoms with Crippen LogP contribution in [0.4, 0.5) is 0 Å². The lowest BCUT2D eigenvalue weighted by Gasteiger charge is -2.08. The Morgan fingerprint density at radius 1 is 0.870 bits per heavy atom. The number of fused-ring (bicyclic) bond motifs is 1. The summed E-state index contributed by atoms with van der Waals surface area (Å²) in [5, 5.41) is 1.73. The highest BCUT2D eigenvalue weighted by Gasteiger charge is 2.17. The SMILES string of the molecule is NC(=O)c1cccc(OS(=O)(=O)c2ccc3ccccc3c2)c1. The Labute approximate surface area is 133 Å². The van der Waals surface area contributed by atoms with Gasteiger partial charge in [0.15, 0.2) is 0 Å². The van der Waals surface area contributed by atoms with Gasteiger partial charge in [0, 0.05) is 5.56 Å². The Hall–Kier alpha value is -2.86. The highest BCUT2D eigenvalue weighted by molar-refractivity contribution is 7.87. The van der Waals surface area contributed by atoms with E-state index in [0.29, 0.717) is 0 Å². The van der Waals surface area contributed by atoms with E-state index >= 15 is 0 Å². The molecule has 116 valence electrons. The van der Waals surface area contributed by atoms with Crippen LogP contribution in [0.5, 0.6) is 5.75 Å². The number of hydrogen-bond donors (Lipinski definition) is 1. The summed E-state index contributed by atoms with van der Waals surface area (Å²) in [6, 6.07) is 17.9.